The van der Waals surface area contributed by atoms with Gasteiger partial charge in [0.25, 0.3) is 0 Å². The van der Waals surface area contributed by atoms with Crippen molar-refractivity contribution in [1.29, 1.82) is 0 Å². The Labute approximate surface area is 183 Å². The number of pyridine rings is 1. The molecule has 5 aromatic rings. The van der Waals surface area contributed by atoms with Crippen molar-refractivity contribution in [3.05, 3.63) is 60.6 Å². The minimum atomic E-state index is -0.0389. The number of hydrogen-bond acceptors (Lipinski definition) is 8. The third-order valence-corrected chi connectivity index (χ3v) is 5.05. The average Bonchev–Trinajstić information content (AvgIpc) is 3.44. The van der Waals surface area contributed by atoms with Crippen molar-refractivity contribution in [2.75, 3.05) is 5.73 Å². The quantitative estimate of drug-likeness (QED) is 0.437. The molecule has 160 valence electrons. The first kappa shape index (κ1) is 19.8. The van der Waals surface area contributed by atoms with E-state index in [0.29, 0.717) is 34.1 Å². The van der Waals surface area contributed by atoms with E-state index in [-0.39, 0.29) is 18.5 Å². The number of aliphatic hydroxyl groups excluding tert-OH is 1. The number of nitrogen functional groups attached to an aromatic ring is 1. The molecule has 0 unspecified atom stereocenters. The van der Waals surface area contributed by atoms with Crippen molar-refractivity contribution >= 4 is 17.0 Å². The number of fused-ring (bicyclic) bond motifs is 1. The van der Waals surface area contributed by atoms with E-state index in [9.17, 15) is 5.11 Å². The monoisotopic (exact) mass is 427 g/mol. The molecule has 4 heterocycles. The van der Waals surface area contributed by atoms with E-state index in [1.807, 2.05) is 54.8 Å². The fraction of sp³-hybridized carbons (Fsp3) is 0.182. The summed E-state index contributed by atoms with van der Waals surface area (Å²) in [6.45, 7) is 4.00. The van der Waals surface area contributed by atoms with Crippen LogP contribution in [0.25, 0.3) is 39.8 Å². The summed E-state index contributed by atoms with van der Waals surface area (Å²) < 4.78 is 1.88. The molecule has 4 aromatic heterocycles. The first-order valence-corrected chi connectivity index (χ1v) is 10.1. The third-order valence-electron chi connectivity index (χ3n) is 5.05. The molecule has 1 aromatic carbocycles. The summed E-state index contributed by atoms with van der Waals surface area (Å²) in [7, 11) is 0. The van der Waals surface area contributed by atoms with Gasteiger partial charge in [-0.15, -0.1) is 0 Å². The van der Waals surface area contributed by atoms with Crippen molar-refractivity contribution in [2.45, 2.75) is 26.5 Å². The summed E-state index contributed by atoms with van der Waals surface area (Å²) in [6, 6.07) is 11.4. The number of rotatable bonds is 5. The van der Waals surface area contributed by atoms with E-state index in [0.717, 1.165) is 11.3 Å². The maximum absolute atomic E-state index is 9.42. The lowest BCUT2D eigenvalue weighted by Gasteiger charge is -2.10. The van der Waals surface area contributed by atoms with Gasteiger partial charge in [0.1, 0.15) is 16.9 Å². The van der Waals surface area contributed by atoms with Crippen molar-refractivity contribution in [1.82, 2.24) is 39.5 Å². The van der Waals surface area contributed by atoms with Crippen LogP contribution in [0.3, 0.4) is 0 Å². The maximum atomic E-state index is 9.42. The summed E-state index contributed by atoms with van der Waals surface area (Å²) in [5, 5.41) is 18.3. The van der Waals surface area contributed by atoms with Crippen LogP contribution in [0.4, 0.5) is 5.82 Å². The standard InChI is InChI=1S/C22H21N9O/c1-13(2)31-26-11-18(29-31)16-7-8-17-21(27-16)30(15-5-3-14(12-32)4-6-15)22(28-17)19-20(23)25-10-9-24-19/h3-11,13,32H,12H2,1-2H3,(H2,23,25). The zero-order valence-corrected chi connectivity index (χ0v) is 17.6. The van der Waals surface area contributed by atoms with Gasteiger partial charge in [-0.1, -0.05) is 12.1 Å². The number of hydrogen-bond donors (Lipinski definition) is 2. The molecule has 0 radical (unpaired) electrons. The minimum Gasteiger partial charge on any atom is -0.392 e. The molecule has 10 nitrogen and oxygen atoms in total. The molecular formula is C22H21N9O. The highest BCUT2D eigenvalue weighted by molar-refractivity contribution is 5.83. The largest absolute Gasteiger partial charge is 0.392 e. The molecule has 0 amide bonds. The van der Waals surface area contributed by atoms with E-state index < -0.39 is 0 Å². The Morgan fingerprint density at radius 3 is 2.44 bits per heavy atom. The first-order chi connectivity index (χ1) is 15.5. The lowest BCUT2D eigenvalue weighted by molar-refractivity contribution is 0.282. The molecule has 0 spiro atoms. The predicted molar refractivity (Wildman–Crippen MR) is 120 cm³/mol. The molecule has 0 aliphatic heterocycles. The number of imidazole rings is 1. The van der Waals surface area contributed by atoms with Crippen molar-refractivity contribution in [3.8, 4) is 28.6 Å². The van der Waals surface area contributed by atoms with Gasteiger partial charge < -0.3 is 10.8 Å². The molecule has 0 saturated carbocycles. The van der Waals surface area contributed by atoms with Crippen LogP contribution in [-0.4, -0.2) is 44.6 Å². The molecule has 0 saturated heterocycles. The highest BCUT2D eigenvalue weighted by Crippen LogP contribution is 2.30. The van der Waals surface area contributed by atoms with Gasteiger partial charge in [0, 0.05) is 18.1 Å². The van der Waals surface area contributed by atoms with Crippen LogP contribution in [-0.2, 0) is 6.61 Å². The van der Waals surface area contributed by atoms with Gasteiger partial charge in [-0.05, 0) is 43.7 Å². The van der Waals surface area contributed by atoms with Gasteiger partial charge in [-0.3, -0.25) is 4.57 Å². The second-order valence-corrected chi connectivity index (χ2v) is 7.57. The normalized spacial score (nSPS) is 11.5. The van der Waals surface area contributed by atoms with E-state index in [1.165, 1.54) is 6.20 Å². The van der Waals surface area contributed by atoms with Crippen LogP contribution in [0.1, 0.15) is 25.5 Å². The Morgan fingerprint density at radius 1 is 0.969 bits per heavy atom. The van der Waals surface area contributed by atoms with Crippen LogP contribution < -0.4 is 5.73 Å². The van der Waals surface area contributed by atoms with Crippen molar-refractivity contribution in [3.63, 3.8) is 0 Å². The van der Waals surface area contributed by atoms with E-state index in [2.05, 4.69) is 20.2 Å². The third kappa shape index (κ3) is 3.36. The Bertz CT molecular complexity index is 1400. The van der Waals surface area contributed by atoms with Crippen LogP contribution in [0, 0.1) is 0 Å². The maximum Gasteiger partial charge on any atom is 0.169 e. The van der Waals surface area contributed by atoms with Crippen molar-refractivity contribution < 1.29 is 5.11 Å². The predicted octanol–water partition coefficient (Wildman–Crippen LogP) is 2.79. The SMILES string of the molecule is CC(C)n1ncc(-c2ccc3nc(-c4nccnc4N)n(-c4ccc(CO)cc4)c3n2)n1. The Hall–Kier alpha value is -4.18. The van der Waals surface area contributed by atoms with Crippen LogP contribution in [0.5, 0.6) is 0 Å². The van der Waals surface area contributed by atoms with E-state index >= 15 is 0 Å². The highest BCUT2D eigenvalue weighted by Gasteiger charge is 2.20. The van der Waals surface area contributed by atoms with Gasteiger partial charge in [-0.25, -0.2) is 19.9 Å². The summed E-state index contributed by atoms with van der Waals surface area (Å²) in [6.07, 6.45) is 4.82. The van der Waals surface area contributed by atoms with Crippen LogP contribution >= 0.6 is 0 Å². The molecule has 0 aliphatic rings. The number of benzene rings is 1. The van der Waals surface area contributed by atoms with Gasteiger partial charge in [0.05, 0.1) is 24.5 Å². The lowest BCUT2D eigenvalue weighted by atomic mass is 10.2. The lowest BCUT2D eigenvalue weighted by Crippen LogP contribution is -2.05. The highest BCUT2D eigenvalue weighted by atomic mass is 16.3. The van der Waals surface area contributed by atoms with Gasteiger partial charge in [0.2, 0.25) is 0 Å². The molecule has 3 N–H and O–H groups in total. The zero-order valence-electron chi connectivity index (χ0n) is 17.6. The Morgan fingerprint density at radius 2 is 1.75 bits per heavy atom. The molecule has 32 heavy (non-hydrogen) atoms. The van der Waals surface area contributed by atoms with E-state index in [1.54, 1.807) is 17.2 Å². The molecule has 0 aliphatic carbocycles. The summed E-state index contributed by atoms with van der Waals surface area (Å²) in [5.74, 6) is 0.800. The number of aromatic nitrogens is 8. The van der Waals surface area contributed by atoms with E-state index in [4.69, 9.17) is 15.7 Å². The molecule has 0 fully saturated rings. The first-order valence-electron chi connectivity index (χ1n) is 10.1. The van der Waals surface area contributed by atoms with Crippen molar-refractivity contribution in [2.24, 2.45) is 0 Å². The summed E-state index contributed by atoms with van der Waals surface area (Å²) in [5.41, 5.74) is 10.8. The fourth-order valence-electron chi connectivity index (χ4n) is 3.42. The van der Waals surface area contributed by atoms with Crippen LogP contribution in [0.2, 0.25) is 0 Å². The second kappa shape index (κ2) is 7.82. The van der Waals surface area contributed by atoms with Crippen LogP contribution in [0.15, 0.2) is 55.0 Å². The number of anilines is 1. The Kier molecular flexibility index (Phi) is 4.83. The Balaban J connectivity index is 1.74. The van der Waals surface area contributed by atoms with Gasteiger partial charge >= 0.3 is 0 Å². The average molecular weight is 427 g/mol. The topological polar surface area (TPSA) is 133 Å². The number of nitrogens with two attached hydrogens (primary N) is 1. The number of aliphatic hydroxyl groups is 1. The fourth-order valence-corrected chi connectivity index (χ4v) is 3.42. The minimum absolute atomic E-state index is 0.0389. The number of nitrogens with zero attached hydrogens (tertiary/aromatic N) is 8. The second-order valence-electron chi connectivity index (χ2n) is 7.57. The summed E-state index contributed by atoms with van der Waals surface area (Å²) in [4.78, 5) is 19.8. The van der Waals surface area contributed by atoms with Gasteiger partial charge in [0.15, 0.2) is 17.3 Å². The molecule has 5 rings (SSSR count). The molecular weight excluding hydrogens is 406 g/mol. The molecule has 10 heteroatoms. The molecule has 0 bridgehead atoms. The molecule has 0 atom stereocenters. The smallest absolute Gasteiger partial charge is 0.169 e. The summed E-state index contributed by atoms with van der Waals surface area (Å²) >= 11 is 0. The zero-order chi connectivity index (χ0) is 22.2. The van der Waals surface area contributed by atoms with Gasteiger partial charge in [-0.2, -0.15) is 15.0 Å².